The van der Waals surface area contributed by atoms with Crippen LogP contribution in [0.25, 0.3) is 0 Å². The maximum atomic E-state index is 12.7. The van der Waals surface area contributed by atoms with Crippen molar-refractivity contribution in [3.63, 3.8) is 0 Å². The van der Waals surface area contributed by atoms with Crippen LogP contribution in [0, 0.1) is 6.92 Å². The second-order valence-electron chi connectivity index (χ2n) is 8.09. The van der Waals surface area contributed by atoms with Crippen LogP contribution in [0.15, 0.2) is 11.2 Å². The molecule has 2 fully saturated rings. The summed E-state index contributed by atoms with van der Waals surface area (Å²) < 4.78 is 0. The molecule has 1 atom stereocenters. The highest BCUT2D eigenvalue weighted by molar-refractivity contribution is 5.82. The van der Waals surface area contributed by atoms with Crippen LogP contribution in [0.5, 0.6) is 0 Å². The fraction of sp³-hybridized carbons (Fsp3) is 0.762. The van der Waals surface area contributed by atoms with E-state index in [0.717, 1.165) is 89.7 Å². The second kappa shape index (κ2) is 10.6. The third kappa shape index (κ3) is 5.72. The zero-order chi connectivity index (χ0) is 20.6. The van der Waals surface area contributed by atoms with Crippen molar-refractivity contribution in [2.75, 3.05) is 52.4 Å². The maximum Gasteiger partial charge on any atom is 0.239 e. The molecule has 0 aliphatic carbocycles. The van der Waals surface area contributed by atoms with Crippen molar-refractivity contribution in [1.82, 2.24) is 30.2 Å². The lowest BCUT2D eigenvalue weighted by atomic mass is 10.1. The van der Waals surface area contributed by atoms with Crippen LogP contribution in [-0.2, 0) is 11.2 Å². The molecular formula is C21H37N7O. The summed E-state index contributed by atoms with van der Waals surface area (Å²) in [7, 11) is 0. The van der Waals surface area contributed by atoms with Gasteiger partial charge >= 0.3 is 0 Å². The minimum absolute atomic E-state index is 0.0204. The first kappa shape index (κ1) is 21.6. The van der Waals surface area contributed by atoms with E-state index < -0.39 is 0 Å². The predicted molar refractivity (Wildman–Crippen MR) is 116 cm³/mol. The molecule has 0 saturated carbocycles. The van der Waals surface area contributed by atoms with Gasteiger partial charge in [-0.15, -0.1) is 0 Å². The molecule has 8 nitrogen and oxygen atoms in total. The summed E-state index contributed by atoms with van der Waals surface area (Å²) in [6, 6.07) is -0.0204. The Bertz CT molecular complexity index is 672. The Balaban J connectivity index is 1.47. The molecule has 0 aromatic carbocycles. The van der Waals surface area contributed by atoms with Crippen molar-refractivity contribution in [1.29, 1.82) is 0 Å². The molecule has 0 spiro atoms. The molecule has 2 saturated heterocycles. The average molecular weight is 404 g/mol. The molecule has 1 aromatic heterocycles. The lowest BCUT2D eigenvalue weighted by Crippen LogP contribution is -2.57. The predicted octanol–water partition coefficient (Wildman–Crippen LogP) is 1.24. The summed E-state index contributed by atoms with van der Waals surface area (Å²) in [5.74, 6) is 1.29. The molecule has 1 aromatic rings. The number of carbonyl (C=O) groups excluding carboxylic acids is 1. The number of nitrogens with one attached hydrogen (secondary N) is 2. The van der Waals surface area contributed by atoms with Crippen molar-refractivity contribution >= 4 is 11.9 Å². The molecule has 2 N–H and O–H groups in total. The molecule has 162 valence electrons. The van der Waals surface area contributed by atoms with Gasteiger partial charge in [0.05, 0.1) is 12.2 Å². The maximum absolute atomic E-state index is 12.7. The van der Waals surface area contributed by atoms with Crippen molar-refractivity contribution in [2.45, 2.75) is 52.5 Å². The van der Waals surface area contributed by atoms with Gasteiger partial charge in [-0.1, -0.05) is 0 Å². The number of likely N-dealkylation sites (tertiary alicyclic amines) is 1. The van der Waals surface area contributed by atoms with E-state index in [2.05, 4.69) is 46.1 Å². The summed E-state index contributed by atoms with van der Waals surface area (Å²) in [4.78, 5) is 24.2. The van der Waals surface area contributed by atoms with E-state index in [4.69, 9.17) is 4.99 Å². The van der Waals surface area contributed by atoms with Crippen molar-refractivity contribution in [2.24, 2.45) is 4.99 Å². The number of piperazine rings is 1. The summed E-state index contributed by atoms with van der Waals surface area (Å²) in [5, 5.41) is 10.5. The smallest absolute Gasteiger partial charge is 0.239 e. The van der Waals surface area contributed by atoms with Gasteiger partial charge < -0.3 is 15.1 Å². The van der Waals surface area contributed by atoms with Crippen molar-refractivity contribution in [3.05, 3.63) is 17.5 Å². The average Bonchev–Trinajstić information content (AvgIpc) is 3.41. The van der Waals surface area contributed by atoms with Crippen LogP contribution in [0.2, 0.25) is 0 Å². The van der Waals surface area contributed by atoms with Gasteiger partial charge in [0.2, 0.25) is 5.91 Å². The monoisotopic (exact) mass is 403 g/mol. The molecule has 1 amide bonds. The van der Waals surface area contributed by atoms with Crippen LogP contribution in [-0.4, -0.2) is 95.2 Å². The van der Waals surface area contributed by atoms with Crippen LogP contribution >= 0.6 is 0 Å². The Kier molecular flexibility index (Phi) is 7.91. The number of guanidine groups is 1. The second-order valence-corrected chi connectivity index (χ2v) is 8.09. The Hall–Kier alpha value is -2.09. The van der Waals surface area contributed by atoms with Gasteiger partial charge in [0.1, 0.15) is 0 Å². The Morgan fingerprint density at radius 3 is 2.55 bits per heavy atom. The highest BCUT2D eigenvalue weighted by atomic mass is 16.2. The molecule has 0 bridgehead atoms. The number of amides is 1. The van der Waals surface area contributed by atoms with Gasteiger partial charge in [-0.25, -0.2) is 0 Å². The number of aryl methyl sites for hydroxylation is 2. The molecular weight excluding hydrogens is 366 g/mol. The third-order valence-corrected chi connectivity index (χ3v) is 6.07. The van der Waals surface area contributed by atoms with E-state index in [1.165, 1.54) is 5.56 Å². The molecule has 2 aliphatic rings. The van der Waals surface area contributed by atoms with Gasteiger partial charge in [0, 0.05) is 58.1 Å². The molecule has 2 aliphatic heterocycles. The summed E-state index contributed by atoms with van der Waals surface area (Å²) in [6.07, 6.45) is 6.21. The topological polar surface area (TPSA) is 79.9 Å². The number of carbonyl (C=O) groups is 1. The SMILES string of the molecule is CCNC(=NCCCc1cn[nH]c1C)N1CCN(C(C)C(=O)N2CCCC2)CC1. The number of aromatic amines is 1. The van der Waals surface area contributed by atoms with Gasteiger partial charge in [0.15, 0.2) is 5.96 Å². The third-order valence-electron chi connectivity index (χ3n) is 6.07. The van der Waals surface area contributed by atoms with Crippen molar-refractivity contribution < 1.29 is 4.79 Å². The Labute approximate surface area is 174 Å². The molecule has 3 heterocycles. The Morgan fingerprint density at radius 1 is 1.21 bits per heavy atom. The number of aromatic nitrogens is 2. The van der Waals surface area contributed by atoms with Gasteiger partial charge in [-0.2, -0.15) is 5.10 Å². The standard InChI is InChI=1S/C21H37N7O/c1-4-22-21(23-9-7-8-19-16-24-25-17(19)2)28-14-12-26(13-15-28)18(3)20(29)27-10-5-6-11-27/h16,18H,4-15H2,1-3H3,(H,22,23)(H,24,25). The van der Waals surface area contributed by atoms with E-state index in [1.807, 2.05) is 11.1 Å². The normalized spacial score (nSPS) is 19.6. The zero-order valence-electron chi connectivity index (χ0n) is 18.3. The Morgan fingerprint density at radius 2 is 1.93 bits per heavy atom. The minimum Gasteiger partial charge on any atom is -0.357 e. The summed E-state index contributed by atoms with van der Waals surface area (Å²) >= 11 is 0. The quantitative estimate of drug-likeness (QED) is 0.407. The first-order valence-electron chi connectivity index (χ1n) is 11.1. The number of H-pyrrole nitrogens is 1. The largest absolute Gasteiger partial charge is 0.357 e. The summed E-state index contributed by atoms with van der Waals surface area (Å²) in [6.45, 7) is 13.4. The van der Waals surface area contributed by atoms with Gasteiger partial charge in [-0.05, 0) is 52.0 Å². The van der Waals surface area contributed by atoms with Crippen LogP contribution in [0.3, 0.4) is 0 Å². The highest BCUT2D eigenvalue weighted by Crippen LogP contribution is 2.14. The molecule has 3 rings (SSSR count). The highest BCUT2D eigenvalue weighted by Gasteiger charge is 2.30. The van der Waals surface area contributed by atoms with E-state index in [1.54, 1.807) is 0 Å². The zero-order valence-corrected chi connectivity index (χ0v) is 18.3. The number of aliphatic imine (C=N–C) groups is 1. The van der Waals surface area contributed by atoms with Gasteiger partial charge in [-0.3, -0.25) is 19.8 Å². The number of hydrogen-bond donors (Lipinski definition) is 2. The van der Waals surface area contributed by atoms with Crippen LogP contribution in [0.4, 0.5) is 0 Å². The molecule has 0 radical (unpaired) electrons. The molecule has 29 heavy (non-hydrogen) atoms. The first-order valence-corrected chi connectivity index (χ1v) is 11.1. The fourth-order valence-corrected chi connectivity index (χ4v) is 4.19. The van der Waals surface area contributed by atoms with Crippen LogP contribution < -0.4 is 5.32 Å². The lowest BCUT2D eigenvalue weighted by Gasteiger charge is -2.39. The van der Waals surface area contributed by atoms with E-state index >= 15 is 0 Å². The van der Waals surface area contributed by atoms with Gasteiger partial charge in [0.25, 0.3) is 0 Å². The lowest BCUT2D eigenvalue weighted by molar-refractivity contribution is -0.135. The van der Waals surface area contributed by atoms with E-state index in [0.29, 0.717) is 5.91 Å². The van der Waals surface area contributed by atoms with E-state index in [-0.39, 0.29) is 6.04 Å². The number of hydrogen-bond acceptors (Lipinski definition) is 4. The fourth-order valence-electron chi connectivity index (χ4n) is 4.19. The molecule has 8 heteroatoms. The minimum atomic E-state index is -0.0204. The van der Waals surface area contributed by atoms with Crippen LogP contribution in [0.1, 0.15) is 44.4 Å². The van der Waals surface area contributed by atoms with E-state index in [9.17, 15) is 4.79 Å². The molecule has 1 unspecified atom stereocenters. The van der Waals surface area contributed by atoms with Crippen molar-refractivity contribution in [3.8, 4) is 0 Å². The summed E-state index contributed by atoms with van der Waals surface area (Å²) in [5.41, 5.74) is 2.42. The number of rotatable bonds is 7. The first-order chi connectivity index (χ1) is 14.1. The number of nitrogens with zero attached hydrogens (tertiary/aromatic N) is 5.